The van der Waals surface area contributed by atoms with E-state index in [0.29, 0.717) is 5.52 Å². The van der Waals surface area contributed by atoms with Crippen LogP contribution in [0, 0.1) is 0 Å². The minimum atomic E-state index is -4.47. The highest BCUT2D eigenvalue weighted by atomic mass is 19.4. The van der Waals surface area contributed by atoms with Gasteiger partial charge in [-0.3, -0.25) is 4.40 Å². The number of methoxy groups -OCH3 is 1. The number of carbonyl (C=O) groups excluding carboxylic acids is 1. The van der Waals surface area contributed by atoms with Crippen LogP contribution in [0.5, 0.6) is 0 Å². The van der Waals surface area contributed by atoms with E-state index < -0.39 is 17.7 Å². The third-order valence-corrected chi connectivity index (χ3v) is 2.22. The molecule has 90 valence electrons. The number of imidazole rings is 1. The van der Waals surface area contributed by atoms with Gasteiger partial charge in [0.25, 0.3) is 0 Å². The number of fused-ring (bicyclic) bond motifs is 1. The summed E-state index contributed by atoms with van der Waals surface area (Å²) in [6, 6.07) is 2.17. The number of hydrogen-bond acceptors (Lipinski definition) is 3. The molecule has 4 nitrogen and oxygen atoms in total. The topological polar surface area (TPSA) is 43.6 Å². The summed E-state index contributed by atoms with van der Waals surface area (Å²) in [6.45, 7) is 0. The molecule has 2 aromatic rings. The second kappa shape index (κ2) is 3.76. The molecule has 0 atom stereocenters. The fourth-order valence-corrected chi connectivity index (χ4v) is 1.40. The van der Waals surface area contributed by atoms with Crippen LogP contribution in [0.3, 0.4) is 0 Å². The lowest BCUT2D eigenvalue weighted by molar-refractivity contribution is -0.137. The minimum Gasteiger partial charge on any atom is -0.463 e. The second-order valence-electron chi connectivity index (χ2n) is 3.28. The first-order valence-corrected chi connectivity index (χ1v) is 4.56. The first-order chi connectivity index (χ1) is 7.93. The Bertz CT molecular complexity index is 574. The van der Waals surface area contributed by atoms with Crippen molar-refractivity contribution >= 4 is 11.5 Å². The summed E-state index contributed by atoms with van der Waals surface area (Å²) in [5.41, 5.74) is -0.466. The van der Waals surface area contributed by atoms with Crippen molar-refractivity contribution in [1.82, 2.24) is 9.38 Å². The van der Waals surface area contributed by atoms with Crippen LogP contribution in [0.25, 0.3) is 5.52 Å². The molecule has 2 heterocycles. The number of ether oxygens (including phenoxy) is 1. The van der Waals surface area contributed by atoms with Gasteiger partial charge in [0.2, 0.25) is 5.82 Å². The Morgan fingerprint density at radius 1 is 1.41 bits per heavy atom. The molecule has 17 heavy (non-hydrogen) atoms. The van der Waals surface area contributed by atoms with Crippen LogP contribution >= 0.6 is 0 Å². The van der Waals surface area contributed by atoms with Gasteiger partial charge in [0.1, 0.15) is 0 Å². The quantitative estimate of drug-likeness (QED) is 0.722. The van der Waals surface area contributed by atoms with E-state index in [2.05, 4.69) is 9.72 Å². The number of hydrogen-bond donors (Lipinski definition) is 0. The van der Waals surface area contributed by atoms with Crippen LogP contribution in [0.4, 0.5) is 13.2 Å². The molecule has 0 aliphatic heterocycles. The fraction of sp³-hybridized carbons (Fsp3) is 0.200. The predicted octanol–water partition coefficient (Wildman–Crippen LogP) is 2.14. The fourth-order valence-electron chi connectivity index (χ4n) is 1.40. The van der Waals surface area contributed by atoms with Gasteiger partial charge < -0.3 is 4.74 Å². The third-order valence-electron chi connectivity index (χ3n) is 2.22. The average molecular weight is 244 g/mol. The molecule has 0 aromatic carbocycles. The van der Waals surface area contributed by atoms with Gasteiger partial charge in [0.15, 0.2) is 0 Å². The van der Waals surface area contributed by atoms with Crippen molar-refractivity contribution in [1.29, 1.82) is 0 Å². The lowest BCUT2D eigenvalue weighted by atomic mass is 10.2. The molecular formula is C10H7F3N2O2. The molecule has 0 N–H and O–H groups in total. The second-order valence-corrected chi connectivity index (χ2v) is 3.28. The Labute approximate surface area is 93.6 Å². The maximum Gasteiger partial charge on any atom is 0.417 e. The van der Waals surface area contributed by atoms with Crippen LogP contribution in [-0.2, 0) is 10.9 Å². The summed E-state index contributed by atoms with van der Waals surface area (Å²) in [4.78, 5) is 15.0. The zero-order valence-corrected chi connectivity index (χ0v) is 8.65. The number of pyridine rings is 1. The first-order valence-electron chi connectivity index (χ1n) is 4.56. The van der Waals surface area contributed by atoms with E-state index in [9.17, 15) is 18.0 Å². The Hall–Kier alpha value is -2.05. The van der Waals surface area contributed by atoms with Gasteiger partial charge >= 0.3 is 12.1 Å². The Morgan fingerprint density at radius 3 is 2.71 bits per heavy atom. The average Bonchev–Trinajstić information content (AvgIpc) is 2.69. The molecule has 0 saturated heterocycles. The van der Waals surface area contributed by atoms with Crippen LogP contribution in [0.1, 0.15) is 16.2 Å². The van der Waals surface area contributed by atoms with Crippen molar-refractivity contribution in [2.75, 3.05) is 7.11 Å². The molecule has 2 rings (SSSR count). The summed E-state index contributed by atoms with van der Waals surface area (Å²) in [5, 5.41) is 0. The zero-order valence-electron chi connectivity index (χ0n) is 8.65. The van der Waals surface area contributed by atoms with Gasteiger partial charge in [-0.25, -0.2) is 9.78 Å². The number of rotatable bonds is 1. The minimum absolute atomic E-state index is 0.186. The molecule has 0 fully saturated rings. The Balaban J connectivity index is 2.62. The van der Waals surface area contributed by atoms with Crippen molar-refractivity contribution < 1.29 is 22.7 Å². The number of aromatic nitrogens is 2. The lowest BCUT2D eigenvalue weighted by Gasteiger charge is -2.07. The van der Waals surface area contributed by atoms with Crippen LogP contribution < -0.4 is 0 Å². The summed E-state index contributed by atoms with van der Waals surface area (Å²) >= 11 is 0. The van der Waals surface area contributed by atoms with Gasteiger partial charge in [-0.05, 0) is 12.1 Å². The molecule has 0 radical (unpaired) electrons. The van der Waals surface area contributed by atoms with Gasteiger partial charge in [-0.15, -0.1) is 0 Å². The van der Waals surface area contributed by atoms with Crippen molar-refractivity contribution in [2.24, 2.45) is 0 Å². The Morgan fingerprint density at radius 2 is 2.12 bits per heavy atom. The van der Waals surface area contributed by atoms with E-state index in [-0.39, 0.29) is 5.82 Å². The largest absolute Gasteiger partial charge is 0.463 e. The maximum absolute atomic E-state index is 12.5. The van der Waals surface area contributed by atoms with E-state index in [1.54, 1.807) is 0 Å². The molecule has 2 aromatic heterocycles. The van der Waals surface area contributed by atoms with E-state index >= 15 is 0 Å². The molecule has 0 amide bonds. The number of carbonyl (C=O) groups is 1. The highest BCUT2D eigenvalue weighted by Crippen LogP contribution is 2.29. The van der Waals surface area contributed by atoms with Crippen molar-refractivity contribution in [2.45, 2.75) is 6.18 Å². The molecule has 0 saturated carbocycles. The highest BCUT2D eigenvalue weighted by molar-refractivity contribution is 5.86. The molecule has 7 heteroatoms. The van der Waals surface area contributed by atoms with Gasteiger partial charge in [-0.1, -0.05) is 0 Å². The summed E-state index contributed by atoms with van der Waals surface area (Å²) in [5.74, 6) is -0.974. The maximum atomic E-state index is 12.5. The lowest BCUT2D eigenvalue weighted by Crippen LogP contribution is -2.10. The van der Waals surface area contributed by atoms with E-state index in [1.165, 1.54) is 12.3 Å². The van der Waals surface area contributed by atoms with Crippen molar-refractivity contribution in [3.8, 4) is 0 Å². The first kappa shape index (κ1) is 11.4. The summed E-state index contributed by atoms with van der Waals surface area (Å²) < 4.78 is 42.9. The van der Waals surface area contributed by atoms with Crippen LogP contribution in [0.15, 0.2) is 24.5 Å². The molecule has 0 aliphatic carbocycles. The van der Waals surface area contributed by atoms with E-state index in [4.69, 9.17) is 0 Å². The molecule has 0 spiro atoms. The highest BCUT2D eigenvalue weighted by Gasteiger charge is 2.31. The molecular weight excluding hydrogens is 237 g/mol. The molecule has 0 unspecified atom stereocenters. The number of halogens is 3. The van der Waals surface area contributed by atoms with Crippen molar-refractivity contribution in [3.05, 3.63) is 35.9 Å². The third kappa shape index (κ3) is 1.95. The normalized spacial score (nSPS) is 11.8. The molecule has 0 bridgehead atoms. The SMILES string of the molecule is COC(=O)c1ncc2ccc(C(F)(F)F)cn12. The van der Waals surface area contributed by atoms with E-state index in [1.807, 2.05) is 0 Å². The summed E-state index contributed by atoms with van der Waals surface area (Å²) in [7, 11) is 1.14. The molecule has 0 aliphatic rings. The number of nitrogens with zero attached hydrogens (tertiary/aromatic N) is 2. The summed E-state index contributed by atoms with van der Waals surface area (Å²) in [6.07, 6.45) is -2.35. The zero-order chi connectivity index (χ0) is 12.6. The van der Waals surface area contributed by atoms with Crippen molar-refractivity contribution in [3.63, 3.8) is 0 Å². The van der Waals surface area contributed by atoms with Gasteiger partial charge in [-0.2, -0.15) is 13.2 Å². The standard InChI is InChI=1S/C10H7F3N2O2/c1-17-9(16)8-14-4-7-3-2-6(5-15(7)8)10(11,12)13/h2-5H,1H3. The van der Waals surface area contributed by atoms with E-state index in [0.717, 1.165) is 23.8 Å². The van der Waals surface area contributed by atoms with Gasteiger partial charge in [0, 0.05) is 6.20 Å². The smallest absolute Gasteiger partial charge is 0.417 e. The van der Waals surface area contributed by atoms with Crippen LogP contribution in [0.2, 0.25) is 0 Å². The van der Waals surface area contributed by atoms with Crippen LogP contribution in [-0.4, -0.2) is 22.5 Å². The monoisotopic (exact) mass is 244 g/mol. The van der Waals surface area contributed by atoms with Gasteiger partial charge in [0.05, 0.1) is 24.4 Å². The predicted molar refractivity (Wildman–Crippen MR) is 51.5 cm³/mol. The Kier molecular flexibility index (Phi) is 2.53. The number of alkyl halides is 3. The number of esters is 1.